The van der Waals surface area contributed by atoms with Gasteiger partial charge in [0.2, 0.25) is 0 Å². The topological polar surface area (TPSA) is 9.23 Å². The molecule has 0 bridgehead atoms. The van der Waals surface area contributed by atoms with Crippen molar-refractivity contribution >= 4 is 39.8 Å². The van der Waals surface area contributed by atoms with E-state index in [0.717, 1.165) is 9.50 Å². The molecule has 1 rings (SSSR count). The molecule has 20 heavy (non-hydrogen) atoms. The molecular formula is C16H38Ge3O. The Kier molecular flexibility index (Phi) is 6.12. The molecule has 0 saturated heterocycles. The molecule has 0 N–H and O–H groups in total. The summed E-state index contributed by atoms with van der Waals surface area (Å²) in [5, 5.41) is 0. The van der Waals surface area contributed by atoms with Crippen molar-refractivity contribution in [2.45, 2.75) is 85.0 Å². The Hall–Kier alpha value is 1.59. The average Bonchev–Trinajstić information content (AvgIpc) is 2.24. The summed E-state index contributed by atoms with van der Waals surface area (Å²) < 4.78 is 8.67. The van der Waals surface area contributed by atoms with Crippen LogP contribution in [-0.4, -0.2) is 51.3 Å². The van der Waals surface area contributed by atoms with Gasteiger partial charge in [-0.2, -0.15) is 0 Å². The molecule has 0 radical (unpaired) electrons. The maximum atomic E-state index is 6.34. The van der Waals surface area contributed by atoms with Crippen LogP contribution in [-0.2, 0) is 4.74 Å². The second-order valence-electron chi connectivity index (χ2n) is 10.2. The first kappa shape index (κ1) is 19.6. The van der Waals surface area contributed by atoms with E-state index >= 15 is 0 Å². The van der Waals surface area contributed by atoms with Crippen LogP contribution in [0.4, 0.5) is 0 Å². The van der Waals surface area contributed by atoms with E-state index in [0.29, 0.717) is 4.43 Å². The standard InChI is InChI=1S/C16H38Ge3O/c1-17(2,3)14-11-15(18(4,5)6)13-16(12-14,20-10)19(7,8)9/h14-15H,11-13H2,1-10H3. The van der Waals surface area contributed by atoms with E-state index in [1.165, 1.54) is 19.3 Å². The summed E-state index contributed by atoms with van der Waals surface area (Å²) in [7, 11) is 2.02. The van der Waals surface area contributed by atoms with E-state index < -0.39 is 39.8 Å². The van der Waals surface area contributed by atoms with E-state index in [2.05, 4.69) is 51.8 Å². The summed E-state index contributed by atoms with van der Waals surface area (Å²) in [6, 6.07) is 0. The average molecular weight is 464 g/mol. The molecule has 2 atom stereocenters. The number of ether oxygens (including phenoxy) is 1. The number of rotatable bonds is 4. The van der Waals surface area contributed by atoms with Crippen molar-refractivity contribution < 1.29 is 4.74 Å². The molecular weight excluding hydrogens is 426 g/mol. The van der Waals surface area contributed by atoms with E-state index in [-0.39, 0.29) is 0 Å². The Bertz CT molecular complexity index is 311. The number of hydrogen-bond donors (Lipinski definition) is 0. The van der Waals surface area contributed by atoms with Crippen LogP contribution < -0.4 is 0 Å². The van der Waals surface area contributed by atoms with Crippen LogP contribution in [0.2, 0.25) is 61.3 Å². The van der Waals surface area contributed by atoms with E-state index in [4.69, 9.17) is 4.74 Å². The van der Waals surface area contributed by atoms with E-state index in [1.54, 1.807) is 0 Å². The van der Waals surface area contributed by atoms with Gasteiger partial charge in [-0.1, -0.05) is 0 Å². The van der Waals surface area contributed by atoms with Crippen LogP contribution in [0.15, 0.2) is 0 Å². The number of methoxy groups -OCH3 is 1. The predicted octanol–water partition coefficient (Wildman–Crippen LogP) is 5.85. The summed E-state index contributed by atoms with van der Waals surface area (Å²) >= 11 is -5.07. The van der Waals surface area contributed by atoms with Gasteiger partial charge in [0.1, 0.15) is 0 Å². The third-order valence-electron chi connectivity index (χ3n) is 5.93. The van der Waals surface area contributed by atoms with Crippen LogP contribution in [0.25, 0.3) is 0 Å². The maximum absolute atomic E-state index is 6.34. The molecule has 1 saturated carbocycles. The molecule has 120 valence electrons. The fourth-order valence-corrected chi connectivity index (χ4v) is 19.6. The molecule has 0 aromatic carbocycles. The van der Waals surface area contributed by atoms with Gasteiger partial charge in [-0.25, -0.2) is 0 Å². The molecule has 1 aliphatic carbocycles. The second-order valence-corrected chi connectivity index (χ2v) is 44.9. The summed E-state index contributed by atoms with van der Waals surface area (Å²) in [6.45, 7) is 0. The minimum absolute atomic E-state index is 0.296. The monoisotopic (exact) mass is 468 g/mol. The number of hydrogen-bond acceptors (Lipinski definition) is 1. The third kappa shape index (κ3) is 4.32. The SMILES string of the molecule is CO[C]1([Ge]([CH3])([CH3])[CH3])C[CH]([Ge]([CH3])([CH3])[CH3])C[CH]([Ge]([CH3])([CH3])[CH3])C1. The van der Waals surface area contributed by atoms with E-state index in [1.807, 2.05) is 7.11 Å². The first-order valence-electron chi connectivity index (χ1n) is 8.28. The first-order chi connectivity index (χ1) is 8.73. The normalized spacial score (nSPS) is 33.3. The van der Waals surface area contributed by atoms with Gasteiger partial charge in [-0.3, -0.25) is 0 Å². The van der Waals surface area contributed by atoms with Gasteiger partial charge >= 0.3 is 137 Å². The van der Waals surface area contributed by atoms with Gasteiger partial charge in [0.15, 0.2) is 0 Å². The molecule has 0 aliphatic heterocycles. The van der Waals surface area contributed by atoms with Crippen LogP contribution in [0.3, 0.4) is 0 Å². The Morgan fingerprint density at radius 2 is 1.10 bits per heavy atom. The summed E-state index contributed by atoms with van der Waals surface area (Å²) in [4.78, 5) is 0. The Balaban J connectivity index is 3.20. The zero-order chi connectivity index (χ0) is 16.0. The zero-order valence-corrected chi connectivity index (χ0v) is 22.0. The van der Waals surface area contributed by atoms with Crippen LogP contribution in [0.5, 0.6) is 0 Å². The molecule has 4 heteroatoms. The molecule has 1 fully saturated rings. The molecule has 1 aliphatic rings. The van der Waals surface area contributed by atoms with Crippen molar-refractivity contribution in [2.24, 2.45) is 0 Å². The van der Waals surface area contributed by atoms with Crippen molar-refractivity contribution in [3.05, 3.63) is 0 Å². The summed E-state index contributed by atoms with van der Waals surface area (Å²) in [6.07, 6.45) is 4.33. The Labute approximate surface area is 136 Å². The molecule has 1 nitrogen and oxygen atoms in total. The van der Waals surface area contributed by atoms with Crippen molar-refractivity contribution in [1.29, 1.82) is 0 Å². The third-order valence-corrected chi connectivity index (χ3v) is 25.1. The molecule has 0 spiro atoms. The van der Waals surface area contributed by atoms with Crippen molar-refractivity contribution in [1.82, 2.24) is 0 Å². The van der Waals surface area contributed by atoms with E-state index in [9.17, 15) is 0 Å². The summed E-state index contributed by atoms with van der Waals surface area (Å²) in [5.74, 6) is 23.5. The van der Waals surface area contributed by atoms with Gasteiger partial charge in [0.25, 0.3) is 0 Å². The van der Waals surface area contributed by atoms with Gasteiger partial charge in [0, 0.05) is 0 Å². The van der Waals surface area contributed by atoms with Crippen molar-refractivity contribution in [2.75, 3.05) is 7.11 Å². The van der Waals surface area contributed by atoms with Gasteiger partial charge < -0.3 is 0 Å². The molecule has 0 amide bonds. The van der Waals surface area contributed by atoms with Gasteiger partial charge in [0.05, 0.1) is 0 Å². The van der Waals surface area contributed by atoms with Gasteiger partial charge in [-0.15, -0.1) is 0 Å². The zero-order valence-electron chi connectivity index (χ0n) is 15.7. The Morgan fingerprint density at radius 3 is 1.30 bits per heavy atom. The fourth-order valence-electron chi connectivity index (χ4n) is 3.79. The quantitative estimate of drug-likeness (QED) is 0.475. The second kappa shape index (κ2) is 6.24. The summed E-state index contributed by atoms with van der Waals surface area (Å²) in [5.41, 5.74) is 0. The van der Waals surface area contributed by atoms with Crippen molar-refractivity contribution in [3.8, 4) is 0 Å². The molecule has 2 unspecified atom stereocenters. The first-order valence-corrected chi connectivity index (χ1v) is 30.6. The van der Waals surface area contributed by atoms with Crippen LogP contribution >= 0.6 is 0 Å². The Morgan fingerprint density at radius 1 is 0.750 bits per heavy atom. The molecule has 0 aromatic heterocycles. The minimum atomic E-state index is -1.86. The molecule has 0 heterocycles. The fraction of sp³-hybridized carbons (Fsp3) is 1.00. The van der Waals surface area contributed by atoms with Crippen LogP contribution in [0, 0.1) is 0 Å². The predicted molar refractivity (Wildman–Crippen MR) is 101 cm³/mol. The molecule has 0 aromatic rings. The van der Waals surface area contributed by atoms with Gasteiger partial charge in [-0.05, 0) is 0 Å². The van der Waals surface area contributed by atoms with Crippen molar-refractivity contribution in [3.63, 3.8) is 0 Å². The van der Waals surface area contributed by atoms with Crippen LogP contribution in [0.1, 0.15) is 19.3 Å².